The Kier molecular flexibility index (Phi) is 4.66. The Hall–Kier alpha value is -0.840. The van der Waals surface area contributed by atoms with Crippen molar-refractivity contribution >= 4 is 15.9 Å². The molecule has 1 aliphatic rings. The van der Waals surface area contributed by atoms with Crippen molar-refractivity contribution in [3.63, 3.8) is 0 Å². The summed E-state index contributed by atoms with van der Waals surface area (Å²) in [5.41, 5.74) is -0.199. The van der Waals surface area contributed by atoms with E-state index in [9.17, 15) is 4.79 Å². The molecule has 3 atom stereocenters. The van der Waals surface area contributed by atoms with Crippen LogP contribution in [0, 0.1) is 17.8 Å². The van der Waals surface area contributed by atoms with Crippen molar-refractivity contribution in [1.82, 2.24) is 9.97 Å². The third kappa shape index (κ3) is 3.38. The Balaban J connectivity index is 2.19. The van der Waals surface area contributed by atoms with Crippen LogP contribution in [-0.2, 0) is 0 Å². The van der Waals surface area contributed by atoms with Gasteiger partial charge in [-0.3, -0.25) is 4.79 Å². The van der Waals surface area contributed by atoms with Crippen molar-refractivity contribution in [3.05, 3.63) is 21.2 Å². The molecule has 0 aliphatic heterocycles. The third-order valence-electron chi connectivity index (χ3n) is 3.99. The number of hydrogen-bond acceptors (Lipinski definition) is 3. The van der Waals surface area contributed by atoms with E-state index in [2.05, 4.69) is 46.7 Å². The minimum absolute atomic E-state index is 0.148. The zero-order chi connectivity index (χ0) is 14.0. The largest absolute Gasteiger partial charge is 0.473 e. The standard InChI is InChI=1S/C14H21BrN2O2/c1-8(2)10-5-4-9(3)6-11(10)19-14-12(15)13(18)16-7-17-14/h7-11H,4-6H2,1-3H3,(H,16,17,18). The maximum Gasteiger partial charge on any atom is 0.268 e. The van der Waals surface area contributed by atoms with Gasteiger partial charge < -0.3 is 9.72 Å². The van der Waals surface area contributed by atoms with Crippen LogP contribution in [0.2, 0.25) is 0 Å². The normalized spacial score (nSPS) is 27.5. The summed E-state index contributed by atoms with van der Waals surface area (Å²) in [5.74, 6) is 2.19. The van der Waals surface area contributed by atoms with Crippen LogP contribution >= 0.6 is 15.9 Å². The summed E-state index contributed by atoms with van der Waals surface area (Å²) in [4.78, 5) is 18.2. The van der Waals surface area contributed by atoms with E-state index >= 15 is 0 Å². The Morgan fingerprint density at radius 3 is 2.89 bits per heavy atom. The summed E-state index contributed by atoms with van der Waals surface area (Å²) >= 11 is 3.25. The van der Waals surface area contributed by atoms with Crippen molar-refractivity contribution in [2.75, 3.05) is 0 Å². The fraction of sp³-hybridized carbons (Fsp3) is 0.714. The lowest BCUT2D eigenvalue weighted by Gasteiger charge is -2.37. The fourth-order valence-electron chi connectivity index (χ4n) is 2.84. The minimum Gasteiger partial charge on any atom is -0.473 e. The quantitative estimate of drug-likeness (QED) is 0.925. The van der Waals surface area contributed by atoms with E-state index in [4.69, 9.17) is 4.74 Å². The van der Waals surface area contributed by atoms with Gasteiger partial charge in [0.25, 0.3) is 5.56 Å². The molecule has 1 saturated carbocycles. The summed E-state index contributed by atoms with van der Waals surface area (Å²) in [6, 6.07) is 0. The molecule has 0 spiro atoms. The molecule has 1 N–H and O–H groups in total. The van der Waals surface area contributed by atoms with Crippen LogP contribution in [0.1, 0.15) is 40.0 Å². The molecule has 0 radical (unpaired) electrons. The first kappa shape index (κ1) is 14.6. The van der Waals surface area contributed by atoms with Crippen LogP contribution in [-0.4, -0.2) is 16.1 Å². The van der Waals surface area contributed by atoms with Gasteiger partial charge in [-0.1, -0.05) is 27.2 Å². The molecule has 5 heteroatoms. The molecule has 1 aromatic heterocycles. The summed E-state index contributed by atoms with van der Waals surface area (Å²) in [6.07, 6.45) is 5.01. The van der Waals surface area contributed by atoms with E-state index < -0.39 is 0 Å². The van der Waals surface area contributed by atoms with Crippen molar-refractivity contribution in [3.8, 4) is 5.88 Å². The summed E-state index contributed by atoms with van der Waals surface area (Å²) in [6.45, 7) is 6.72. The lowest BCUT2D eigenvalue weighted by molar-refractivity contribution is 0.0418. The highest BCUT2D eigenvalue weighted by atomic mass is 79.9. The van der Waals surface area contributed by atoms with Gasteiger partial charge in [-0.2, -0.15) is 0 Å². The van der Waals surface area contributed by atoms with E-state index in [-0.39, 0.29) is 11.7 Å². The van der Waals surface area contributed by atoms with Crippen molar-refractivity contribution < 1.29 is 4.74 Å². The number of aromatic nitrogens is 2. The predicted octanol–water partition coefficient (Wildman–Crippen LogP) is 3.37. The zero-order valence-electron chi connectivity index (χ0n) is 11.6. The molecular weight excluding hydrogens is 308 g/mol. The van der Waals surface area contributed by atoms with Gasteiger partial charge in [0.15, 0.2) is 0 Å². The van der Waals surface area contributed by atoms with Crippen LogP contribution in [0.15, 0.2) is 15.6 Å². The molecule has 4 nitrogen and oxygen atoms in total. The van der Waals surface area contributed by atoms with E-state index in [0.29, 0.717) is 28.1 Å². The van der Waals surface area contributed by atoms with Gasteiger partial charge in [-0.05, 0) is 46.5 Å². The first-order valence-corrected chi connectivity index (χ1v) is 7.68. The second kappa shape index (κ2) is 6.07. The molecule has 1 aromatic rings. The van der Waals surface area contributed by atoms with Gasteiger partial charge in [0.2, 0.25) is 5.88 Å². The van der Waals surface area contributed by atoms with E-state index in [1.807, 2.05) is 0 Å². The highest BCUT2D eigenvalue weighted by Gasteiger charge is 2.33. The summed E-state index contributed by atoms with van der Waals surface area (Å²) in [5, 5.41) is 0. The Labute approximate surface area is 122 Å². The number of hydrogen-bond donors (Lipinski definition) is 1. The number of ether oxygens (including phenoxy) is 1. The molecule has 0 saturated heterocycles. The molecule has 19 heavy (non-hydrogen) atoms. The maximum absolute atomic E-state index is 11.5. The Morgan fingerprint density at radius 1 is 1.47 bits per heavy atom. The molecule has 1 heterocycles. The van der Waals surface area contributed by atoms with Gasteiger partial charge in [0, 0.05) is 0 Å². The summed E-state index contributed by atoms with van der Waals surface area (Å²) < 4.78 is 6.42. The first-order chi connectivity index (χ1) is 8.99. The number of rotatable bonds is 3. The first-order valence-electron chi connectivity index (χ1n) is 6.89. The fourth-order valence-corrected chi connectivity index (χ4v) is 3.15. The second-order valence-corrected chi connectivity index (χ2v) is 6.63. The monoisotopic (exact) mass is 328 g/mol. The van der Waals surface area contributed by atoms with Crippen molar-refractivity contribution in [2.24, 2.45) is 17.8 Å². The van der Waals surface area contributed by atoms with Crippen LogP contribution in [0.25, 0.3) is 0 Å². The Morgan fingerprint density at radius 2 is 2.21 bits per heavy atom. The summed E-state index contributed by atoms with van der Waals surface area (Å²) in [7, 11) is 0. The van der Waals surface area contributed by atoms with Crippen LogP contribution in [0.3, 0.4) is 0 Å². The van der Waals surface area contributed by atoms with Gasteiger partial charge >= 0.3 is 0 Å². The molecule has 3 unspecified atom stereocenters. The molecule has 2 rings (SSSR count). The lowest BCUT2D eigenvalue weighted by Crippen LogP contribution is -2.37. The van der Waals surface area contributed by atoms with Crippen molar-refractivity contribution in [1.29, 1.82) is 0 Å². The minimum atomic E-state index is -0.199. The molecular formula is C14H21BrN2O2. The highest BCUT2D eigenvalue weighted by molar-refractivity contribution is 9.10. The number of halogens is 1. The molecule has 106 valence electrons. The third-order valence-corrected chi connectivity index (χ3v) is 4.69. The van der Waals surface area contributed by atoms with Crippen LogP contribution < -0.4 is 10.3 Å². The Bertz CT molecular complexity index is 487. The van der Waals surface area contributed by atoms with Crippen molar-refractivity contribution in [2.45, 2.75) is 46.1 Å². The molecule has 0 bridgehead atoms. The zero-order valence-corrected chi connectivity index (χ0v) is 13.2. The average molecular weight is 329 g/mol. The highest BCUT2D eigenvalue weighted by Crippen LogP contribution is 2.36. The second-order valence-electron chi connectivity index (χ2n) is 5.83. The predicted molar refractivity (Wildman–Crippen MR) is 78.3 cm³/mol. The maximum atomic E-state index is 11.5. The van der Waals surface area contributed by atoms with Crippen LogP contribution in [0.5, 0.6) is 5.88 Å². The number of nitrogens with zero attached hydrogens (tertiary/aromatic N) is 1. The lowest BCUT2D eigenvalue weighted by atomic mass is 9.75. The van der Waals surface area contributed by atoms with E-state index in [1.54, 1.807) is 0 Å². The van der Waals surface area contributed by atoms with E-state index in [0.717, 1.165) is 6.42 Å². The molecule has 1 fully saturated rings. The van der Waals surface area contributed by atoms with Gasteiger partial charge in [-0.15, -0.1) is 0 Å². The van der Waals surface area contributed by atoms with Gasteiger partial charge in [0.1, 0.15) is 10.6 Å². The molecule has 0 aromatic carbocycles. The SMILES string of the molecule is CC1CCC(C(C)C)C(Oc2nc[nH]c(=O)c2Br)C1. The van der Waals surface area contributed by atoms with Gasteiger partial charge in [-0.25, -0.2) is 4.98 Å². The van der Waals surface area contributed by atoms with Crippen LogP contribution in [0.4, 0.5) is 0 Å². The average Bonchev–Trinajstić information content (AvgIpc) is 2.35. The van der Waals surface area contributed by atoms with Gasteiger partial charge in [0.05, 0.1) is 6.33 Å². The number of nitrogens with one attached hydrogen (secondary N) is 1. The smallest absolute Gasteiger partial charge is 0.268 e. The number of H-pyrrole nitrogens is 1. The molecule has 1 aliphatic carbocycles. The topological polar surface area (TPSA) is 55.0 Å². The number of aromatic amines is 1. The molecule has 0 amide bonds. The van der Waals surface area contributed by atoms with E-state index in [1.165, 1.54) is 19.2 Å².